The van der Waals surface area contributed by atoms with E-state index >= 15 is 0 Å². The Balaban J connectivity index is 0.000000728. The zero-order valence-corrected chi connectivity index (χ0v) is 41.4. The fourth-order valence-electron chi connectivity index (χ4n) is 4.65. The summed E-state index contributed by atoms with van der Waals surface area (Å²) in [7, 11) is 7.08. The van der Waals surface area contributed by atoms with Gasteiger partial charge in [-0.2, -0.15) is 20.4 Å². The lowest BCUT2D eigenvalue weighted by Gasteiger charge is -2.01. The number of hydrogen-bond donors (Lipinski definition) is 4. The molecule has 6 aromatic heterocycles. The molecule has 6 heterocycles. The Labute approximate surface area is 390 Å². The van der Waals surface area contributed by atoms with Crippen molar-refractivity contribution in [2.24, 2.45) is 28.2 Å². The minimum absolute atomic E-state index is 0. The molecule has 0 saturated carbocycles. The summed E-state index contributed by atoms with van der Waals surface area (Å²) in [6.45, 7) is 11.0. The molecule has 0 aliphatic heterocycles. The summed E-state index contributed by atoms with van der Waals surface area (Å²) in [6, 6.07) is 2.92. The number of aldehydes is 1. The standard InChI is InChI=1S/C11H13ClN4OS.C6H8BrClN2.C6H9ClN2O.C6H7ClN2O.C5H6N2OS.2ClH/c1-6-4-9(17)14-11(13-6)18-5-8-7(2)15-16(3)10(8)12;1-4-5(3-7)6(8)10(2)9-4;2*1-4-5(3-10)6(7)9(2)8-4;1-3-2-4(8)7-5(9)6-3;;/h4H,5H2,1-3H3,(H,13,14,17);3H2,1-2H3;10H,3H2,1-2H3;3H,1-2H3;2H,1H3,(H2,6,7,8,9);2*1H. The number of nitrogens with one attached hydrogen (secondary N) is 3. The minimum Gasteiger partial charge on any atom is -0.391 e. The zero-order chi connectivity index (χ0) is 43.3. The molecule has 6 aromatic rings. The lowest BCUT2D eigenvalue weighted by Crippen LogP contribution is -2.08. The number of nitrogens with zero attached hydrogens (tertiary/aromatic N) is 9. The number of aliphatic hydroxyl groups is 1. The fourth-order valence-corrected chi connectivity index (χ4v) is 7.77. The lowest BCUT2D eigenvalue weighted by molar-refractivity contribution is 0.112. The van der Waals surface area contributed by atoms with Crippen LogP contribution in [0.4, 0.5) is 0 Å². The van der Waals surface area contributed by atoms with E-state index in [0.717, 1.165) is 44.4 Å². The SMILES string of the molecule is Cc1cc(=O)[nH]c(=S)[nH]1.Cc1cc(=O)[nH]c(SCc2c(C)nn(C)c2Cl)n1.Cc1nn(C)c(Cl)c1C=O.Cc1nn(C)c(Cl)c1CBr.Cc1nn(C)c(Cl)c1CO.Cl.Cl. The summed E-state index contributed by atoms with van der Waals surface area (Å²) in [6.07, 6.45) is 0.713. The van der Waals surface area contributed by atoms with Crippen LogP contribution in [-0.4, -0.2) is 70.5 Å². The van der Waals surface area contributed by atoms with Crippen molar-refractivity contribution in [1.82, 2.24) is 59.1 Å². The second-order valence-electron chi connectivity index (χ2n) is 12.0. The van der Waals surface area contributed by atoms with Crippen LogP contribution in [0.25, 0.3) is 0 Å². The minimum atomic E-state index is -0.156. The van der Waals surface area contributed by atoms with Gasteiger partial charge in [-0.15, -0.1) is 24.8 Å². The Morgan fingerprint density at radius 3 is 1.46 bits per heavy atom. The average molecular weight is 1040 g/mol. The Bertz CT molecular complexity index is 2400. The smallest absolute Gasteiger partial charge is 0.251 e. The van der Waals surface area contributed by atoms with E-state index in [1.54, 1.807) is 56.0 Å². The summed E-state index contributed by atoms with van der Waals surface area (Å²) < 4.78 is 6.70. The van der Waals surface area contributed by atoms with Gasteiger partial charge in [0.2, 0.25) is 0 Å². The summed E-state index contributed by atoms with van der Waals surface area (Å²) >= 11 is 32.9. The molecule has 0 unspecified atom stereocenters. The van der Waals surface area contributed by atoms with Gasteiger partial charge in [-0.05, 0) is 53.8 Å². The molecule has 0 spiro atoms. The van der Waals surface area contributed by atoms with Gasteiger partial charge >= 0.3 is 0 Å². The van der Waals surface area contributed by atoms with E-state index in [9.17, 15) is 14.4 Å². The van der Waals surface area contributed by atoms with Gasteiger partial charge in [-0.25, -0.2) is 4.98 Å². The molecule has 4 N–H and O–H groups in total. The highest BCUT2D eigenvalue weighted by molar-refractivity contribution is 9.08. The molecular weight excluding hydrogens is 997 g/mol. The van der Waals surface area contributed by atoms with Gasteiger partial charge in [0.1, 0.15) is 20.6 Å². The Kier molecular flexibility index (Phi) is 25.0. The van der Waals surface area contributed by atoms with Crippen LogP contribution in [0.15, 0.2) is 26.9 Å². The van der Waals surface area contributed by atoms with E-state index in [2.05, 4.69) is 68.5 Å². The first-order valence-electron chi connectivity index (χ1n) is 16.5. The molecule has 59 heavy (non-hydrogen) atoms. The van der Waals surface area contributed by atoms with Gasteiger partial charge in [0.15, 0.2) is 16.2 Å². The van der Waals surface area contributed by atoms with Gasteiger partial charge in [0.25, 0.3) is 11.1 Å². The zero-order valence-electron chi connectivity index (χ0n) is 33.6. The number of carbonyl (C=O) groups excluding carboxylic acids is 1. The molecule has 0 saturated heterocycles. The highest BCUT2D eigenvalue weighted by Gasteiger charge is 2.13. The number of aromatic amines is 3. The Morgan fingerprint density at radius 2 is 1.15 bits per heavy atom. The molecule has 0 aromatic carbocycles. The first-order chi connectivity index (χ1) is 26.6. The summed E-state index contributed by atoms with van der Waals surface area (Å²) in [5.41, 5.74) is 7.76. The number of aliphatic hydroxyl groups excluding tert-OH is 1. The molecule has 0 radical (unpaired) electrons. The molecule has 326 valence electrons. The number of aromatic nitrogens is 12. The molecule has 25 heteroatoms. The number of halogens is 7. The molecule has 0 aliphatic rings. The van der Waals surface area contributed by atoms with Crippen molar-refractivity contribution in [3.63, 3.8) is 0 Å². The van der Waals surface area contributed by atoms with Crippen molar-refractivity contribution in [3.05, 3.63) is 115 Å². The highest BCUT2D eigenvalue weighted by atomic mass is 79.9. The van der Waals surface area contributed by atoms with Crippen LogP contribution >= 0.6 is 111 Å². The van der Waals surface area contributed by atoms with E-state index in [1.165, 1.54) is 28.6 Å². The molecule has 0 fully saturated rings. The van der Waals surface area contributed by atoms with Gasteiger partial charge in [-0.1, -0.05) is 74.1 Å². The predicted molar refractivity (Wildman–Crippen MR) is 246 cm³/mol. The van der Waals surface area contributed by atoms with Crippen molar-refractivity contribution in [3.8, 4) is 0 Å². The molecule has 0 aliphatic carbocycles. The third-order valence-electron chi connectivity index (χ3n) is 7.51. The Morgan fingerprint density at radius 1 is 0.712 bits per heavy atom. The maximum absolute atomic E-state index is 11.3. The van der Waals surface area contributed by atoms with Crippen molar-refractivity contribution >= 4 is 117 Å². The number of hydrogen-bond acceptors (Lipinski definition) is 11. The maximum atomic E-state index is 11.3. The number of thioether (sulfide) groups is 1. The van der Waals surface area contributed by atoms with Gasteiger partial charge < -0.3 is 15.1 Å². The van der Waals surface area contributed by atoms with Crippen LogP contribution in [0.2, 0.25) is 20.6 Å². The highest BCUT2D eigenvalue weighted by Crippen LogP contribution is 2.26. The number of alkyl halides is 1. The molecule has 16 nitrogen and oxygen atoms in total. The summed E-state index contributed by atoms with van der Waals surface area (Å²) in [5, 5.41) is 28.7. The van der Waals surface area contributed by atoms with Gasteiger partial charge in [-0.3, -0.25) is 38.1 Å². The third kappa shape index (κ3) is 16.8. The van der Waals surface area contributed by atoms with Crippen LogP contribution in [0.1, 0.15) is 61.2 Å². The number of H-pyrrole nitrogens is 3. The molecule has 0 bridgehead atoms. The first-order valence-corrected chi connectivity index (χ1v) is 20.5. The fraction of sp³-hybridized carbons (Fsp3) is 0.382. The monoisotopic (exact) mass is 1040 g/mol. The second kappa shape index (κ2) is 26.4. The topological polar surface area (TPSA) is 203 Å². The maximum Gasteiger partial charge on any atom is 0.251 e. The predicted octanol–water partition coefficient (Wildman–Crippen LogP) is 8.00. The second-order valence-corrected chi connectivity index (χ2v) is 15.4. The van der Waals surface area contributed by atoms with Crippen LogP contribution in [-0.2, 0) is 45.9 Å². The number of rotatable bonds is 6. The van der Waals surface area contributed by atoms with Crippen molar-refractivity contribution in [2.45, 2.75) is 64.4 Å². The molecule has 6 rings (SSSR count). The van der Waals surface area contributed by atoms with Crippen molar-refractivity contribution in [2.75, 3.05) is 0 Å². The van der Waals surface area contributed by atoms with E-state index in [0.29, 0.717) is 59.9 Å². The molecule has 0 amide bonds. The molecule has 0 atom stereocenters. The van der Waals surface area contributed by atoms with Gasteiger partial charge in [0.05, 0.1) is 34.9 Å². The van der Waals surface area contributed by atoms with Crippen LogP contribution in [0.3, 0.4) is 0 Å². The summed E-state index contributed by atoms with van der Waals surface area (Å²) in [5.74, 6) is 0.630. The third-order valence-corrected chi connectivity index (χ3v) is 11.0. The van der Waals surface area contributed by atoms with Crippen LogP contribution < -0.4 is 11.1 Å². The van der Waals surface area contributed by atoms with E-state index < -0.39 is 0 Å². The van der Waals surface area contributed by atoms with E-state index in [1.807, 2.05) is 27.8 Å². The molecular formula is C34H45BrCl6N12O4S2. The van der Waals surface area contributed by atoms with Gasteiger partial charge in [0, 0.05) is 79.5 Å². The average Bonchev–Trinajstić information content (AvgIpc) is 3.71. The summed E-state index contributed by atoms with van der Waals surface area (Å²) in [4.78, 5) is 44.3. The first kappa shape index (κ1) is 56.0. The van der Waals surface area contributed by atoms with Crippen molar-refractivity contribution < 1.29 is 9.90 Å². The van der Waals surface area contributed by atoms with Crippen LogP contribution in [0, 0.1) is 46.3 Å². The van der Waals surface area contributed by atoms with Crippen molar-refractivity contribution in [1.29, 1.82) is 0 Å². The lowest BCUT2D eigenvalue weighted by atomic mass is 10.3. The normalized spacial score (nSPS) is 9.97. The quantitative estimate of drug-likeness (QED) is 0.0414. The largest absolute Gasteiger partial charge is 0.391 e. The van der Waals surface area contributed by atoms with Crippen LogP contribution in [0.5, 0.6) is 0 Å². The Hall–Kier alpha value is -2.98. The number of carbonyl (C=O) groups is 1. The van der Waals surface area contributed by atoms with E-state index in [4.69, 9.17) is 51.5 Å². The number of aryl methyl sites for hydroxylation is 10. The van der Waals surface area contributed by atoms with E-state index in [-0.39, 0.29) is 42.5 Å².